The van der Waals surface area contributed by atoms with Gasteiger partial charge in [-0.1, -0.05) is 15.9 Å². The summed E-state index contributed by atoms with van der Waals surface area (Å²) >= 11 is 6.41. The topological polar surface area (TPSA) is 55.1 Å². The second-order valence-electron chi connectivity index (χ2n) is 3.82. The molecule has 0 radical (unpaired) electrons. The molecule has 2 rings (SSSR count). The molecule has 0 atom stereocenters. The van der Waals surface area contributed by atoms with E-state index in [4.69, 9.17) is 5.73 Å². The Morgan fingerprint density at radius 3 is 2.58 bits per heavy atom. The van der Waals surface area contributed by atoms with Gasteiger partial charge in [0.05, 0.1) is 11.3 Å². The SMILES string of the molecule is Nc1ccc(Br)c(C(=O)Nc2ccc(Br)cc2F)c1. The smallest absolute Gasteiger partial charge is 0.256 e. The number of nitrogens with two attached hydrogens (primary N) is 1. The zero-order valence-corrected chi connectivity index (χ0v) is 12.8. The van der Waals surface area contributed by atoms with Gasteiger partial charge in [0.2, 0.25) is 0 Å². The Morgan fingerprint density at radius 2 is 1.89 bits per heavy atom. The third kappa shape index (κ3) is 3.33. The molecule has 0 aliphatic heterocycles. The van der Waals surface area contributed by atoms with Gasteiger partial charge in [0, 0.05) is 14.6 Å². The number of nitrogens with one attached hydrogen (secondary N) is 1. The largest absolute Gasteiger partial charge is 0.399 e. The van der Waals surface area contributed by atoms with Crippen LogP contribution in [0.15, 0.2) is 45.3 Å². The third-order valence-corrected chi connectivity index (χ3v) is 3.60. The molecule has 2 aromatic rings. The van der Waals surface area contributed by atoms with E-state index in [0.29, 0.717) is 20.2 Å². The molecule has 98 valence electrons. The Balaban J connectivity index is 2.28. The number of rotatable bonds is 2. The van der Waals surface area contributed by atoms with Crippen LogP contribution in [0, 0.1) is 5.82 Å². The standard InChI is InChI=1S/C13H9Br2FN2O/c14-7-1-4-12(11(16)5-7)18-13(19)9-6-8(17)2-3-10(9)15/h1-6H,17H2,(H,18,19). The molecule has 6 heteroatoms. The predicted octanol–water partition coefficient (Wildman–Crippen LogP) is 4.19. The van der Waals surface area contributed by atoms with Crippen molar-refractivity contribution in [3.8, 4) is 0 Å². The van der Waals surface area contributed by atoms with Crippen LogP contribution in [0.25, 0.3) is 0 Å². The molecule has 1 amide bonds. The lowest BCUT2D eigenvalue weighted by Gasteiger charge is -2.08. The van der Waals surface area contributed by atoms with Crippen LogP contribution in [-0.4, -0.2) is 5.91 Å². The summed E-state index contributed by atoms with van der Waals surface area (Å²) in [6.45, 7) is 0. The summed E-state index contributed by atoms with van der Waals surface area (Å²) < 4.78 is 14.8. The van der Waals surface area contributed by atoms with Gasteiger partial charge in [0.15, 0.2) is 0 Å². The fourth-order valence-corrected chi connectivity index (χ4v) is 2.26. The number of hydrogen-bond acceptors (Lipinski definition) is 2. The maximum atomic E-state index is 13.6. The molecule has 3 N–H and O–H groups in total. The van der Waals surface area contributed by atoms with Crippen molar-refractivity contribution in [2.24, 2.45) is 0 Å². The highest BCUT2D eigenvalue weighted by atomic mass is 79.9. The number of hydrogen-bond donors (Lipinski definition) is 2. The van der Waals surface area contributed by atoms with Crippen molar-refractivity contribution in [1.82, 2.24) is 0 Å². The second-order valence-corrected chi connectivity index (χ2v) is 5.59. The summed E-state index contributed by atoms with van der Waals surface area (Å²) in [5.74, 6) is -0.942. The van der Waals surface area contributed by atoms with Crippen LogP contribution in [0.1, 0.15) is 10.4 Å². The van der Waals surface area contributed by atoms with E-state index >= 15 is 0 Å². The second kappa shape index (κ2) is 5.71. The fraction of sp³-hybridized carbons (Fsp3) is 0. The first-order valence-electron chi connectivity index (χ1n) is 5.29. The molecule has 19 heavy (non-hydrogen) atoms. The number of benzene rings is 2. The van der Waals surface area contributed by atoms with Crippen LogP contribution in [0.5, 0.6) is 0 Å². The molecule has 0 bridgehead atoms. The summed E-state index contributed by atoms with van der Waals surface area (Å²) in [4.78, 5) is 12.0. The number of amides is 1. The highest BCUT2D eigenvalue weighted by Crippen LogP contribution is 2.23. The number of halogens is 3. The number of carbonyl (C=O) groups is 1. The minimum Gasteiger partial charge on any atom is -0.399 e. The van der Waals surface area contributed by atoms with E-state index in [9.17, 15) is 9.18 Å². The quantitative estimate of drug-likeness (QED) is 0.759. The average Bonchev–Trinajstić information content (AvgIpc) is 2.35. The molecular formula is C13H9Br2FN2O. The van der Waals surface area contributed by atoms with E-state index in [0.717, 1.165) is 0 Å². The van der Waals surface area contributed by atoms with Crippen LogP contribution in [0.2, 0.25) is 0 Å². The Bertz CT molecular complexity index is 647. The van der Waals surface area contributed by atoms with E-state index in [1.165, 1.54) is 18.2 Å². The molecule has 3 nitrogen and oxygen atoms in total. The fourth-order valence-electron chi connectivity index (χ4n) is 1.50. The Labute approximate surface area is 126 Å². The maximum absolute atomic E-state index is 13.6. The monoisotopic (exact) mass is 386 g/mol. The van der Waals surface area contributed by atoms with E-state index in [2.05, 4.69) is 37.2 Å². The van der Waals surface area contributed by atoms with E-state index in [1.54, 1.807) is 18.2 Å². The minimum absolute atomic E-state index is 0.113. The van der Waals surface area contributed by atoms with Crippen LogP contribution in [0.3, 0.4) is 0 Å². The highest BCUT2D eigenvalue weighted by molar-refractivity contribution is 9.10. The van der Waals surface area contributed by atoms with Gasteiger partial charge in [-0.05, 0) is 52.3 Å². The lowest BCUT2D eigenvalue weighted by Crippen LogP contribution is -2.14. The summed E-state index contributed by atoms with van der Waals surface area (Å²) in [7, 11) is 0. The first-order valence-corrected chi connectivity index (χ1v) is 6.87. The van der Waals surface area contributed by atoms with Crippen LogP contribution >= 0.6 is 31.9 Å². The van der Waals surface area contributed by atoms with Crippen LogP contribution in [0.4, 0.5) is 15.8 Å². The van der Waals surface area contributed by atoms with Crippen LogP contribution in [-0.2, 0) is 0 Å². The van der Waals surface area contributed by atoms with Gasteiger partial charge < -0.3 is 11.1 Å². The lowest BCUT2D eigenvalue weighted by molar-refractivity contribution is 0.102. The van der Waals surface area contributed by atoms with Crippen molar-refractivity contribution in [1.29, 1.82) is 0 Å². The first kappa shape index (κ1) is 14.0. The normalized spacial score (nSPS) is 10.3. The van der Waals surface area contributed by atoms with Gasteiger partial charge >= 0.3 is 0 Å². The van der Waals surface area contributed by atoms with Gasteiger partial charge in [0.25, 0.3) is 5.91 Å². The summed E-state index contributed by atoms with van der Waals surface area (Å²) in [5.41, 5.74) is 6.55. The molecule has 0 unspecified atom stereocenters. The van der Waals surface area contributed by atoms with E-state index in [1.807, 2.05) is 0 Å². The Hall–Kier alpha value is -1.40. The van der Waals surface area contributed by atoms with Gasteiger partial charge in [-0.2, -0.15) is 0 Å². The molecular weight excluding hydrogens is 379 g/mol. The number of anilines is 2. The predicted molar refractivity (Wildman–Crippen MR) is 80.6 cm³/mol. The molecule has 0 heterocycles. The number of nitrogen functional groups attached to an aromatic ring is 1. The summed E-state index contributed by atoms with van der Waals surface area (Å²) in [5, 5.41) is 2.50. The van der Waals surface area contributed by atoms with Crippen molar-refractivity contribution in [3.05, 3.63) is 56.7 Å². The van der Waals surface area contributed by atoms with Crippen LogP contribution < -0.4 is 11.1 Å². The number of carbonyl (C=O) groups excluding carboxylic acids is 1. The zero-order valence-electron chi connectivity index (χ0n) is 9.58. The summed E-state index contributed by atoms with van der Waals surface area (Å²) in [6.07, 6.45) is 0. The molecule has 0 saturated carbocycles. The first-order chi connectivity index (χ1) is 8.97. The molecule has 2 aromatic carbocycles. The molecule has 0 saturated heterocycles. The molecule has 0 spiro atoms. The highest BCUT2D eigenvalue weighted by Gasteiger charge is 2.13. The molecule has 0 aliphatic rings. The van der Waals surface area contributed by atoms with Crippen molar-refractivity contribution < 1.29 is 9.18 Å². The van der Waals surface area contributed by atoms with Crippen molar-refractivity contribution in [2.75, 3.05) is 11.1 Å². The van der Waals surface area contributed by atoms with Gasteiger partial charge in [-0.15, -0.1) is 0 Å². The van der Waals surface area contributed by atoms with Crippen molar-refractivity contribution in [3.63, 3.8) is 0 Å². The van der Waals surface area contributed by atoms with E-state index < -0.39 is 11.7 Å². The Kier molecular flexibility index (Phi) is 4.21. The van der Waals surface area contributed by atoms with Crippen molar-refractivity contribution >= 4 is 49.1 Å². The maximum Gasteiger partial charge on any atom is 0.256 e. The summed E-state index contributed by atoms with van der Waals surface area (Å²) in [6, 6.07) is 9.27. The van der Waals surface area contributed by atoms with Gasteiger partial charge in [-0.25, -0.2) is 4.39 Å². The van der Waals surface area contributed by atoms with Gasteiger partial charge in [-0.3, -0.25) is 4.79 Å². The van der Waals surface area contributed by atoms with Gasteiger partial charge in [0.1, 0.15) is 5.82 Å². The average molecular weight is 388 g/mol. The van der Waals surface area contributed by atoms with E-state index in [-0.39, 0.29) is 5.69 Å². The molecule has 0 fully saturated rings. The molecule has 0 aromatic heterocycles. The minimum atomic E-state index is -0.511. The molecule has 0 aliphatic carbocycles. The van der Waals surface area contributed by atoms with Crippen molar-refractivity contribution in [2.45, 2.75) is 0 Å². The third-order valence-electron chi connectivity index (χ3n) is 2.41. The Morgan fingerprint density at radius 1 is 1.16 bits per heavy atom. The lowest BCUT2D eigenvalue weighted by atomic mass is 10.2. The zero-order chi connectivity index (χ0) is 14.0.